The van der Waals surface area contributed by atoms with Crippen LogP contribution in [0.5, 0.6) is 0 Å². The van der Waals surface area contributed by atoms with E-state index >= 15 is 0 Å². The summed E-state index contributed by atoms with van der Waals surface area (Å²) >= 11 is 0. The lowest BCUT2D eigenvalue weighted by Gasteiger charge is -2.10. The first kappa shape index (κ1) is 15.3. The lowest BCUT2D eigenvalue weighted by atomic mass is 10.1. The van der Waals surface area contributed by atoms with Crippen LogP contribution >= 0.6 is 0 Å². The number of carbonyl (C=O) groups is 1. The van der Waals surface area contributed by atoms with Gasteiger partial charge in [-0.05, 0) is 42.7 Å². The molecule has 3 aromatic rings. The van der Waals surface area contributed by atoms with E-state index in [2.05, 4.69) is 11.4 Å². The average molecular weight is 327 g/mol. The molecule has 1 N–H and O–H groups in total. The van der Waals surface area contributed by atoms with Gasteiger partial charge in [0.05, 0.1) is 22.7 Å². The minimum Gasteiger partial charge on any atom is -0.348 e. The first-order valence-electron chi connectivity index (χ1n) is 8.41. The van der Waals surface area contributed by atoms with Gasteiger partial charge in [-0.1, -0.05) is 30.3 Å². The van der Waals surface area contributed by atoms with Crippen LogP contribution in [0, 0.1) is 11.3 Å². The highest BCUT2D eigenvalue weighted by Crippen LogP contribution is 2.40. The number of nitriles is 1. The molecule has 1 amide bonds. The summed E-state index contributed by atoms with van der Waals surface area (Å²) in [6.45, 7) is 0.431. The van der Waals surface area contributed by atoms with Gasteiger partial charge < -0.3 is 5.32 Å². The highest BCUT2D eigenvalue weighted by Gasteiger charge is 2.26. The Balaban J connectivity index is 1.59. The smallest absolute Gasteiger partial charge is 0.252 e. The molecule has 0 saturated heterocycles. The molecule has 0 bridgehead atoms. The monoisotopic (exact) mass is 327 g/mol. The van der Waals surface area contributed by atoms with E-state index in [1.807, 2.05) is 42.5 Å². The van der Waals surface area contributed by atoms with Crippen LogP contribution in [0.25, 0.3) is 10.9 Å². The molecule has 4 rings (SSSR count). The SMILES string of the molecule is N#Cc1ccc(CNC(=O)c2cc(C3CC3)nc3ccccc23)cc1. The molecule has 4 nitrogen and oxygen atoms in total. The molecule has 25 heavy (non-hydrogen) atoms. The number of rotatable bonds is 4. The number of pyridine rings is 1. The normalized spacial score (nSPS) is 13.4. The lowest BCUT2D eigenvalue weighted by molar-refractivity contribution is 0.0952. The number of hydrogen-bond donors (Lipinski definition) is 1. The fraction of sp³-hybridized carbons (Fsp3) is 0.190. The van der Waals surface area contributed by atoms with Crippen molar-refractivity contribution in [2.45, 2.75) is 25.3 Å². The molecule has 0 aliphatic heterocycles. The molecule has 1 aromatic heterocycles. The summed E-state index contributed by atoms with van der Waals surface area (Å²) in [5.74, 6) is 0.402. The predicted octanol–water partition coefficient (Wildman–Crippen LogP) is 3.91. The number of nitrogens with zero attached hydrogens (tertiary/aromatic N) is 2. The Morgan fingerprint density at radius 1 is 1.16 bits per heavy atom. The third kappa shape index (κ3) is 3.22. The van der Waals surface area contributed by atoms with Crippen molar-refractivity contribution >= 4 is 16.8 Å². The second kappa shape index (κ2) is 6.37. The van der Waals surface area contributed by atoms with Crippen molar-refractivity contribution in [1.82, 2.24) is 10.3 Å². The van der Waals surface area contributed by atoms with Crippen LogP contribution in [0.3, 0.4) is 0 Å². The number of nitrogens with one attached hydrogen (secondary N) is 1. The molecule has 0 unspecified atom stereocenters. The Bertz CT molecular complexity index is 982. The summed E-state index contributed by atoms with van der Waals surface area (Å²) in [5, 5.41) is 12.7. The summed E-state index contributed by atoms with van der Waals surface area (Å²) in [6, 6.07) is 19.0. The summed E-state index contributed by atoms with van der Waals surface area (Å²) in [7, 11) is 0. The van der Waals surface area contributed by atoms with Crippen LogP contribution in [0.1, 0.15) is 45.9 Å². The van der Waals surface area contributed by atoms with Gasteiger partial charge in [0.2, 0.25) is 0 Å². The number of aromatic nitrogens is 1. The second-order valence-corrected chi connectivity index (χ2v) is 6.38. The molecule has 1 aliphatic rings. The molecular weight excluding hydrogens is 310 g/mol. The minimum absolute atomic E-state index is 0.0927. The summed E-state index contributed by atoms with van der Waals surface area (Å²) in [5.41, 5.74) is 4.15. The van der Waals surface area contributed by atoms with E-state index in [1.54, 1.807) is 12.1 Å². The molecule has 1 aliphatic carbocycles. The topological polar surface area (TPSA) is 65.8 Å². The molecule has 2 aromatic carbocycles. The molecular formula is C21H17N3O. The highest BCUT2D eigenvalue weighted by molar-refractivity contribution is 6.06. The van der Waals surface area contributed by atoms with E-state index in [4.69, 9.17) is 10.2 Å². The van der Waals surface area contributed by atoms with Crippen molar-refractivity contribution in [3.8, 4) is 6.07 Å². The maximum absolute atomic E-state index is 12.8. The first-order chi connectivity index (χ1) is 12.2. The van der Waals surface area contributed by atoms with Crippen molar-refractivity contribution in [3.05, 3.63) is 77.0 Å². The highest BCUT2D eigenvalue weighted by atomic mass is 16.1. The van der Waals surface area contributed by atoms with Crippen LogP contribution in [-0.2, 0) is 6.54 Å². The van der Waals surface area contributed by atoms with Gasteiger partial charge in [0.15, 0.2) is 0 Å². The zero-order valence-electron chi connectivity index (χ0n) is 13.7. The van der Waals surface area contributed by atoms with E-state index in [-0.39, 0.29) is 5.91 Å². The Morgan fingerprint density at radius 2 is 1.92 bits per heavy atom. The number of amides is 1. The van der Waals surface area contributed by atoms with Crippen LogP contribution in [0.4, 0.5) is 0 Å². The van der Waals surface area contributed by atoms with Gasteiger partial charge in [0.1, 0.15) is 0 Å². The molecule has 1 fully saturated rings. The van der Waals surface area contributed by atoms with E-state index in [0.29, 0.717) is 23.6 Å². The third-order valence-electron chi connectivity index (χ3n) is 4.51. The van der Waals surface area contributed by atoms with Gasteiger partial charge in [0.25, 0.3) is 5.91 Å². The number of benzene rings is 2. The fourth-order valence-electron chi connectivity index (χ4n) is 2.95. The zero-order valence-corrected chi connectivity index (χ0v) is 13.7. The van der Waals surface area contributed by atoms with E-state index in [0.717, 1.165) is 35.0 Å². The molecule has 0 atom stereocenters. The van der Waals surface area contributed by atoms with E-state index in [1.165, 1.54) is 0 Å². The zero-order chi connectivity index (χ0) is 17.2. The van der Waals surface area contributed by atoms with Gasteiger partial charge in [0, 0.05) is 23.5 Å². The Labute approximate surface area is 146 Å². The van der Waals surface area contributed by atoms with Crippen molar-refractivity contribution < 1.29 is 4.79 Å². The molecule has 4 heteroatoms. The average Bonchev–Trinajstić information content (AvgIpc) is 3.51. The van der Waals surface area contributed by atoms with Crippen molar-refractivity contribution in [1.29, 1.82) is 5.26 Å². The van der Waals surface area contributed by atoms with Crippen molar-refractivity contribution in [2.24, 2.45) is 0 Å². The maximum atomic E-state index is 12.8. The van der Waals surface area contributed by atoms with Crippen LogP contribution < -0.4 is 5.32 Å². The quantitative estimate of drug-likeness (QED) is 0.790. The predicted molar refractivity (Wildman–Crippen MR) is 96.0 cm³/mol. The number of para-hydroxylation sites is 1. The fourth-order valence-corrected chi connectivity index (χ4v) is 2.95. The largest absolute Gasteiger partial charge is 0.348 e. The minimum atomic E-state index is -0.0927. The second-order valence-electron chi connectivity index (χ2n) is 6.38. The third-order valence-corrected chi connectivity index (χ3v) is 4.51. The van der Waals surface area contributed by atoms with Gasteiger partial charge in [-0.25, -0.2) is 0 Å². The van der Waals surface area contributed by atoms with Crippen LogP contribution in [0.2, 0.25) is 0 Å². The molecule has 1 saturated carbocycles. The summed E-state index contributed by atoms with van der Waals surface area (Å²) in [6.07, 6.45) is 2.30. The Kier molecular flexibility index (Phi) is 3.91. The first-order valence-corrected chi connectivity index (χ1v) is 8.41. The number of carbonyl (C=O) groups excluding carboxylic acids is 1. The van der Waals surface area contributed by atoms with Crippen LogP contribution in [-0.4, -0.2) is 10.9 Å². The van der Waals surface area contributed by atoms with Gasteiger partial charge in [-0.2, -0.15) is 5.26 Å². The number of hydrogen-bond acceptors (Lipinski definition) is 3. The summed E-state index contributed by atoms with van der Waals surface area (Å²) in [4.78, 5) is 17.5. The van der Waals surface area contributed by atoms with E-state index in [9.17, 15) is 4.79 Å². The standard InChI is InChI=1S/C21H17N3O/c22-12-14-5-7-15(8-6-14)13-23-21(25)18-11-20(16-9-10-16)24-19-4-2-1-3-17(18)19/h1-8,11,16H,9-10,13H2,(H,23,25). The van der Waals surface area contributed by atoms with E-state index < -0.39 is 0 Å². The molecule has 0 spiro atoms. The molecule has 0 radical (unpaired) electrons. The summed E-state index contributed by atoms with van der Waals surface area (Å²) < 4.78 is 0. The van der Waals surface area contributed by atoms with Crippen LogP contribution in [0.15, 0.2) is 54.6 Å². The van der Waals surface area contributed by atoms with Gasteiger partial charge in [-0.15, -0.1) is 0 Å². The molecule has 1 heterocycles. The van der Waals surface area contributed by atoms with Gasteiger partial charge >= 0.3 is 0 Å². The Hall–Kier alpha value is -3.19. The van der Waals surface area contributed by atoms with Crippen molar-refractivity contribution in [2.75, 3.05) is 0 Å². The van der Waals surface area contributed by atoms with Gasteiger partial charge in [-0.3, -0.25) is 9.78 Å². The Morgan fingerprint density at radius 3 is 2.64 bits per heavy atom. The number of fused-ring (bicyclic) bond motifs is 1. The molecule has 122 valence electrons. The maximum Gasteiger partial charge on any atom is 0.252 e. The lowest BCUT2D eigenvalue weighted by Crippen LogP contribution is -2.23. The van der Waals surface area contributed by atoms with Crippen molar-refractivity contribution in [3.63, 3.8) is 0 Å².